The molecule has 0 aliphatic heterocycles. The van der Waals surface area contributed by atoms with Gasteiger partial charge in [-0.15, -0.1) is 0 Å². The van der Waals surface area contributed by atoms with Crippen LogP contribution in [-0.2, 0) is 9.59 Å². The lowest BCUT2D eigenvalue weighted by molar-refractivity contribution is -0.126. The van der Waals surface area contributed by atoms with Crippen LogP contribution in [0.25, 0.3) is 0 Å². The van der Waals surface area contributed by atoms with E-state index in [4.69, 9.17) is 5.73 Å². The molecule has 0 unspecified atom stereocenters. The number of amides is 1. The first-order valence-corrected chi connectivity index (χ1v) is 10.8. The topological polar surface area (TPSA) is 72.2 Å². The Morgan fingerprint density at radius 1 is 0.846 bits per heavy atom. The van der Waals surface area contributed by atoms with Crippen molar-refractivity contribution in [1.29, 1.82) is 0 Å². The fraction of sp³-hybridized carbons (Fsp3) is 0.818. The monoisotopic (exact) mass is 366 g/mol. The number of ketones is 1. The van der Waals surface area contributed by atoms with Crippen LogP contribution in [0.2, 0.25) is 0 Å². The summed E-state index contributed by atoms with van der Waals surface area (Å²) < 4.78 is 0. The van der Waals surface area contributed by atoms with Crippen molar-refractivity contribution in [3.8, 4) is 0 Å². The zero-order valence-corrected chi connectivity index (χ0v) is 17.2. The molecule has 0 heterocycles. The van der Waals surface area contributed by atoms with E-state index in [9.17, 15) is 9.59 Å². The lowest BCUT2D eigenvalue weighted by Crippen LogP contribution is -2.44. The van der Waals surface area contributed by atoms with E-state index in [1.807, 2.05) is 0 Å². The molecule has 1 amide bonds. The van der Waals surface area contributed by atoms with Crippen molar-refractivity contribution >= 4 is 11.7 Å². The average molecular weight is 367 g/mol. The number of rotatable bonds is 18. The SMILES string of the molecule is CCCCCCCCC=CCCCCCCCC(=O)N[C@@H](CN)C(C)=O. The van der Waals surface area contributed by atoms with Gasteiger partial charge in [0.15, 0.2) is 5.78 Å². The number of hydrogen-bond donors (Lipinski definition) is 2. The highest BCUT2D eigenvalue weighted by Crippen LogP contribution is 2.10. The zero-order chi connectivity index (χ0) is 19.5. The highest BCUT2D eigenvalue weighted by molar-refractivity contribution is 5.87. The van der Waals surface area contributed by atoms with Gasteiger partial charge in [0.1, 0.15) is 0 Å². The van der Waals surface area contributed by atoms with E-state index in [1.165, 1.54) is 77.6 Å². The number of nitrogens with one attached hydrogen (secondary N) is 1. The van der Waals surface area contributed by atoms with Gasteiger partial charge in [0.05, 0.1) is 6.04 Å². The van der Waals surface area contributed by atoms with Gasteiger partial charge in [0.2, 0.25) is 5.91 Å². The molecule has 0 aliphatic carbocycles. The lowest BCUT2D eigenvalue weighted by Gasteiger charge is -2.13. The summed E-state index contributed by atoms with van der Waals surface area (Å²) in [5, 5.41) is 2.69. The average Bonchev–Trinajstić information content (AvgIpc) is 2.62. The molecule has 0 rings (SSSR count). The Balaban J connectivity index is 3.36. The maximum absolute atomic E-state index is 11.7. The van der Waals surface area contributed by atoms with E-state index in [0.717, 1.165) is 12.8 Å². The number of allylic oxidation sites excluding steroid dienone is 2. The molecule has 0 fully saturated rings. The first-order valence-electron chi connectivity index (χ1n) is 10.8. The molecule has 4 heteroatoms. The van der Waals surface area contributed by atoms with Gasteiger partial charge in [-0.1, -0.05) is 70.4 Å². The van der Waals surface area contributed by atoms with E-state index in [1.54, 1.807) is 0 Å². The number of Topliss-reactive ketones (excluding diaryl/α,β-unsaturated/α-hetero) is 1. The van der Waals surface area contributed by atoms with Crippen molar-refractivity contribution in [2.75, 3.05) is 6.54 Å². The van der Waals surface area contributed by atoms with Gasteiger partial charge in [0.25, 0.3) is 0 Å². The first-order chi connectivity index (χ1) is 12.6. The van der Waals surface area contributed by atoms with Crippen LogP contribution in [0.5, 0.6) is 0 Å². The molecule has 0 saturated carbocycles. The minimum atomic E-state index is -0.523. The van der Waals surface area contributed by atoms with Crippen LogP contribution in [0.15, 0.2) is 12.2 Å². The van der Waals surface area contributed by atoms with Crippen LogP contribution in [0.3, 0.4) is 0 Å². The van der Waals surface area contributed by atoms with Crippen LogP contribution < -0.4 is 11.1 Å². The van der Waals surface area contributed by atoms with E-state index in [-0.39, 0.29) is 18.2 Å². The number of nitrogens with two attached hydrogens (primary N) is 1. The third-order valence-corrected chi connectivity index (χ3v) is 4.73. The van der Waals surface area contributed by atoms with Crippen LogP contribution in [-0.4, -0.2) is 24.3 Å². The maximum atomic E-state index is 11.7. The second kappa shape index (κ2) is 18.6. The summed E-state index contributed by atoms with van der Waals surface area (Å²) in [6.45, 7) is 3.89. The molecule has 0 saturated heterocycles. The predicted molar refractivity (Wildman–Crippen MR) is 111 cm³/mol. The Bertz CT molecular complexity index is 380. The number of carbonyl (C=O) groups excluding carboxylic acids is 2. The van der Waals surface area contributed by atoms with E-state index in [2.05, 4.69) is 24.4 Å². The summed E-state index contributed by atoms with van der Waals surface area (Å²) >= 11 is 0. The molecule has 0 aromatic heterocycles. The molecule has 4 nitrogen and oxygen atoms in total. The van der Waals surface area contributed by atoms with Crippen molar-refractivity contribution in [2.24, 2.45) is 5.73 Å². The summed E-state index contributed by atoms with van der Waals surface area (Å²) in [5.41, 5.74) is 5.47. The van der Waals surface area contributed by atoms with Gasteiger partial charge in [-0.2, -0.15) is 0 Å². The number of hydrogen-bond acceptors (Lipinski definition) is 3. The van der Waals surface area contributed by atoms with Gasteiger partial charge in [-0.3, -0.25) is 9.59 Å². The van der Waals surface area contributed by atoms with Crippen LogP contribution in [0.4, 0.5) is 0 Å². The molecule has 1 atom stereocenters. The summed E-state index contributed by atoms with van der Waals surface area (Å²) in [5.74, 6) is -0.140. The highest BCUT2D eigenvalue weighted by Gasteiger charge is 2.14. The third-order valence-electron chi connectivity index (χ3n) is 4.73. The van der Waals surface area contributed by atoms with E-state index >= 15 is 0 Å². The first kappa shape index (κ1) is 24.8. The number of carbonyl (C=O) groups is 2. The molecule has 26 heavy (non-hydrogen) atoms. The molecule has 0 aliphatic rings. The largest absolute Gasteiger partial charge is 0.345 e. The standard InChI is InChI=1S/C22H42N2O2/c1-3-4-5-6-7-8-9-10-11-12-13-14-15-16-17-18-22(26)24-21(19-23)20(2)25/h10-11,21H,3-9,12-19,23H2,1-2H3,(H,24,26)/t21-/m0/s1. The quantitative estimate of drug-likeness (QED) is 0.263. The molecule has 0 radical (unpaired) electrons. The van der Waals surface area contributed by atoms with E-state index < -0.39 is 6.04 Å². The van der Waals surface area contributed by atoms with Gasteiger partial charge in [-0.25, -0.2) is 0 Å². The van der Waals surface area contributed by atoms with Crippen LogP contribution in [0, 0.1) is 0 Å². The van der Waals surface area contributed by atoms with Crippen molar-refractivity contribution in [3.63, 3.8) is 0 Å². The van der Waals surface area contributed by atoms with Gasteiger partial charge < -0.3 is 11.1 Å². The minimum Gasteiger partial charge on any atom is -0.345 e. The van der Waals surface area contributed by atoms with Gasteiger partial charge in [0, 0.05) is 13.0 Å². The van der Waals surface area contributed by atoms with E-state index in [0.29, 0.717) is 6.42 Å². The van der Waals surface area contributed by atoms with Crippen molar-refractivity contribution < 1.29 is 9.59 Å². The fourth-order valence-electron chi connectivity index (χ4n) is 2.95. The second-order valence-electron chi connectivity index (χ2n) is 7.30. The Kier molecular flexibility index (Phi) is 17.8. The minimum absolute atomic E-state index is 0.0618. The Morgan fingerprint density at radius 2 is 1.35 bits per heavy atom. The summed E-state index contributed by atoms with van der Waals surface area (Å²) in [6.07, 6.45) is 21.3. The Labute approximate surface area is 161 Å². The highest BCUT2D eigenvalue weighted by atomic mass is 16.2. The van der Waals surface area contributed by atoms with Gasteiger partial charge in [-0.05, 0) is 39.0 Å². The lowest BCUT2D eigenvalue weighted by atomic mass is 10.1. The summed E-state index contributed by atoms with van der Waals surface area (Å²) in [6, 6.07) is -0.523. The van der Waals surface area contributed by atoms with Gasteiger partial charge >= 0.3 is 0 Å². The maximum Gasteiger partial charge on any atom is 0.220 e. The molecular weight excluding hydrogens is 324 g/mol. The predicted octanol–water partition coefficient (Wildman–Crippen LogP) is 5.06. The smallest absolute Gasteiger partial charge is 0.220 e. The molecule has 0 aromatic rings. The zero-order valence-electron chi connectivity index (χ0n) is 17.2. The molecule has 0 spiro atoms. The Hall–Kier alpha value is -1.16. The number of unbranched alkanes of at least 4 members (excludes halogenated alkanes) is 11. The molecule has 3 N–H and O–H groups in total. The van der Waals surface area contributed by atoms with Crippen molar-refractivity contribution in [3.05, 3.63) is 12.2 Å². The van der Waals surface area contributed by atoms with Crippen molar-refractivity contribution in [1.82, 2.24) is 5.32 Å². The molecule has 0 bridgehead atoms. The van der Waals surface area contributed by atoms with Crippen LogP contribution in [0.1, 0.15) is 104 Å². The Morgan fingerprint density at radius 3 is 1.85 bits per heavy atom. The summed E-state index contributed by atoms with van der Waals surface area (Å²) in [4.78, 5) is 22.9. The van der Waals surface area contributed by atoms with Crippen LogP contribution >= 0.6 is 0 Å². The van der Waals surface area contributed by atoms with Crippen molar-refractivity contribution in [2.45, 2.75) is 110 Å². The molecular formula is C22H42N2O2. The summed E-state index contributed by atoms with van der Waals surface area (Å²) in [7, 11) is 0. The fourth-order valence-corrected chi connectivity index (χ4v) is 2.95. The molecule has 0 aromatic carbocycles. The second-order valence-corrected chi connectivity index (χ2v) is 7.30. The normalized spacial score (nSPS) is 12.4. The molecule has 152 valence electrons. The third kappa shape index (κ3) is 16.3.